The molecule has 0 fully saturated rings. The Morgan fingerprint density at radius 1 is 1.60 bits per heavy atom. The Labute approximate surface area is 62.0 Å². The molecule has 0 saturated heterocycles. The SMILES string of the molecule is C=CCNCCS(C)(=O)=O. The van der Waals surface area contributed by atoms with Crippen molar-refractivity contribution < 1.29 is 8.42 Å². The van der Waals surface area contributed by atoms with Crippen LogP contribution < -0.4 is 5.32 Å². The highest BCUT2D eigenvalue weighted by Crippen LogP contribution is 1.78. The molecule has 0 spiro atoms. The number of hydrogen-bond acceptors (Lipinski definition) is 3. The van der Waals surface area contributed by atoms with E-state index >= 15 is 0 Å². The van der Waals surface area contributed by atoms with Crippen molar-refractivity contribution in [2.45, 2.75) is 0 Å². The van der Waals surface area contributed by atoms with Crippen molar-refractivity contribution >= 4 is 9.84 Å². The third-order valence-corrected chi connectivity index (χ3v) is 1.88. The summed E-state index contributed by atoms with van der Waals surface area (Å²) in [5.41, 5.74) is 0. The van der Waals surface area contributed by atoms with E-state index in [9.17, 15) is 8.42 Å². The fourth-order valence-corrected chi connectivity index (χ4v) is 0.977. The molecule has 3 nitrogen and oxygen atoms in total. The molecule has 60 valence electrons. The van der Waals surface area contributed by atoms with E-state index in [1.165, 1.54) is 6.26 Å². The maximum Gasteiger partial charge on any atom is 0.148 e. The molecule has 0 atom stereocenters. The number of nitrogens with one attached hydrogen (secondary N) is 1. The van der Waals surface area contributed by atoms with E-state index in [-0.39, 0.29) is 5.75 Å². The highest BCUT2D eigenvalue weighted by Gasteiger charge is 1.98. The Hall–Kier alpha value is -0.350. The second kappa shape index (κ2) is 4.46. The lowest BCUT2D eigenvalue weighted by atomic mass is 10.6. The van der Waals surface area contributed by atoms with Crippen molar-refractivity contribution in [2.75, 3.05) is 25.1 Å². The van der Waals surface area contributed by atoms with E-state index in [4.69, 9.17) is 0 Å². The Bertz CT molecular complexity index is 184. The van der Waals surface area contributed by atoms with Gasteiger partial charge in [-0.1, -0.05) is 6.08 Å². The van der Waals surface area contributed by atoms with Crippen LogP contribution in [0.15, 0.2) is 12.7 Å². The van der Waals surface area contributed by atoms with Crippen LogP contribution in [0, 0.1) is 0 Å². The highest BCUT2D eigenvalue weighted by molar-refractivity contribution is 7.90. The first-order valence-electron chi connectivity index (χ1n) is 3.05. The minimum atomic E-state index is -2.80. The van der Waals surface area contributed by atoms with Gasteiger partial charge < -0.3 is 5.32 Å². The molecule has 0 saturated carbocycles. The van der Waals surface area contributed by atoms with Crippen molar-refractivity contribution in [1.82, 2.24) is 5.32 Å². The van der Waals surface area contributed by atoms with E-state index in [1.807, 2.05) is 0 Å². The van der Waals surface area contributed by atoms with E-state index in [2.05, 4.69) is 11.9 Å². The minimum Gasteiger partial charge on any atom is -0.312 e. The van der Waals surface area contributed by atoms with Gasteiger partial charge in [0.25, 0.3) is 0 Å². The zero-order chi connectivity index (χ0) is 8.04. The Morgan fingerprint density at radius 2 is 2.20 bits per heavy atom. The predicted octanol–water partition coefficient (Wildman–Crippen LogP) is -0.193. The van der Waals surface area contributed by atoms with Crippen LogP contribution in [0.25, 0.3) is 0 Å². The van der Waals surface area contributed by atoms with Gasteiger partial charge in [-0.25, -0.2) is 8.42 Å². The molecule has 1 N–H and O–H groups in total. The lowest BCUT2D eigenvalue weighted by Crippen LogP contribution is -2.22. The second-order valence-corrected chi connectivity index (χ2v) is 4.38. The topological polar surface area (TPSA) is 46.2 Å². The molecule has 0 bridgehead atoms. The van der Waals surface area contributed by atoms with Gasteiger partial charge in [-0.05, 0) is 0 Å². The number of sulfone groups is 1. The molecule has 0 heterocycles. The molecule has 10 heavy (non-hydrogen) atoms. The Morgan fingerprint density at radius 3 is 2.60 bits per heavy atom. The number of rotatable bonds is 5. The van der Waals surface area contributed by atoms with Crippen LogP contribution in [-0.4, -0.2) is 33.5 Å². The maximum absolute atomic E-state index is 10.5. The molecule has 0 amide bonds. The van der Waals surface area contributed by atoms with Gasteiger partial charge in [0.05, 0.1) is 5.75 Å². The molecular weight excluding hydrogens is 150 g/mol. The molecule has 4 heteroatoms. The van der Waals surface area contributed by atoms with Gasteiger partial charge in [-0.2, -0.15) is 0 Å². The summed E-state index contributed by atoms with van der Waals surface area (Å²) in [4.78, 5) is 0. The van der Waals surface area contributed by atoms with Crippen LogP contribution in [-0.2, 0) is 9.84 Å². The summed E-state index contributed by atoms with van der Waals surface area (Å²) in [7, 11) is -2.80. The molecule has 0 radical (unpaired) electrons. The van der Waals surface area contributed by atoms with Crippen LogP contribution >= 0.6 is 0 Å². The summed E-state index contributed by atoms with van der Waals surface area (Å²) in [6.07, 6.45) is 2.92. The first kappa shape index (κ1) is 9.65. The molecule has 0 aliphatic carbocycles. The normalized spacial score (nSPS) is 11.3. The fraction of sp³-hybridized carbons (Fsp3) is 0.667. The van der Waals surface area contributed by atoms with E-state index in [0.29, 0.717) is 13.1 Å². The highest BCUT2D eigenvalue weighted by atomic mass is 32.2. The van der Waals surface area contributed by atoms with Gasteiger partial charge >= 0.3 is 0 Å². The van der Waals surface area contributed by atoms with E-state index < -0.39 is 9.84 Å². The van der Waals surface area contributed by atoms with Crippen molar-refractivity contribution in [3.05, 3.63) is 12.7 Å². The van der Waals surface area contributed by atoms with Crippen LogP contribution in [0.4, 0.5) is 0 Å². The van der Waals surface area contributed by atoms with Gasteiger partial charge in [0, 0.05) is 19.3 Å². The van der Waals surface area contributed by atoms with Crippen LogP contribution in [0.1, 0.15) is 0 Å². The first-order valence-corrected chi connectivity index (χ1v) is 5.11. The molecule has 0 aliphatic heterocycles. The second-order valence-electron chi connectivity index (χ2n) is 2.12. The van der Waals surface area contributed by atoms with Crippen LogP contribution in [0.2, 0.25) is 0 Å². The average molecular weight is 163 g/mol. The molecule has 0 aromatic rings. The predicted molar refractivity (Wildman–Crippen MR) is 42.8 cm³/mol. The Balaban J connectivity index is 3.29. The zero-order valence-electron chi connectivity index (χ0n) is 6.13. The van der Waals surface area contributed by atoms with Gasteiger partial charge in [-0.3, -0.25) is 0 Å². The van der Waals surface area contributed by atoms with Gasteiger partial charge in [0.2, 0.25) is 0 Å². The van der Waals surface area contributed by atoms with Crippen molar-refractivity contribution in [2.24, 2.45) is 0 Å². The lowest BCUT2D eigenvalue weighted by molar-refractivity contribution is 0.598. The molecule has 0 aliphatic rings. The average Bonchev–Trinajstić information content (AvgIpc) is 1.78. The van der Waals surface area contributed by atoms with Crippen molar-refractivity contribution in [3.8, 4) is 0 Å². The van der Waals surface area contributed by atoms with Gasteiger partial charge in [0.15, 0.2) is 0 Å². The summed E-state index contributed by atoms with van der Waals surface area (Å²) in [5, 5.41) is 2.89. The largest absolute Gasteiger partial charge is 0.312 e. The fourth-order valence-electron chi connectivity index (χ4n) is 0.462. The molecule has 0 rings (SSSR count). The summed E-state index contributed by atoms with van der Waals surface area (Å²) >= 11 is 0. The van der Waals surface area contributed by atoms with Crippen LogP contribution in [0.5, 0.6) is 0 Å². The molecule has 0 aromatic carbocycles. The zero-order valence-corrected chi connectivity index (χ0v) is 6.95. The first-order chi connectivity index (χ1) is 4.56. The van der Waals surface area contributed by atoms with E-state index in [0.717, 1.165) is 0 Å². The number of hydrogen-bond donors (Lipinski definition) is 1. The summed E-state index contributed by atoms with van der Waals surface area (Å²) < 4.78 is 21.1. The third-order valence-electron chi connectivity index (χ3n) is 0.938. The minimum absolute atomic E-state index is 0.195. The van der Waals surface area contributed by atoms with Crippen LogP contribution in [0.3, 0.4) is 0 Å². The Kier molecular flexibility index (Phi) is 4.31. The summed E-state index contributed by atoms with van der Waals surface area (Å²) in [6, 6.07) is 0. The van der Waals surface area contributed by atoms with Gasteiger partial charge in [-0.15, -0.1) is 6.58 Å². The maximum atomic E-state index is 10.5. The molecule has 0 aromatic heterocycles. The monoisotopic (exact) mass is 163 g/mol. The van der Waals surface area contributed by atoms with Crippen molar-refractivity contribution in [3.63, 3.8) is 0 Å². The van der Waals surface area contributed by atoms with Gasteiger partial charge in [0.1, 0.15) is 9.84 Å². The molecule has 0 unspecified atom stereocenters. The summed E-state index contributed by atoms with van der Waals surface area (Å²) in [5.74, 6) is 0.195. The van der Waals surface area contributed by atoms with E-state index in [1.54, 1.807) is 6.08 Å². The molecular formula is C6H13NO2S. The standard InChI is InChI=1S/C6H13NO2S/c1-3-4-7-5-6-10(2,8)9/h3,7H,1,4-6H2,2H3. The lowest BCUT2D eigenvalue weighted by Gasteiger charge is -1.97. The summed E-state index contributed by atoms with van der Waals surface area (Å²) in [6.45, 7) is 4.65. The smallest absolute Gasteiger partial charge is 0.148 e. The quantitative estimate of drug-likeness (QED) is 0.451. The van der Waals surface area contributed by atoms with Crippen molar-refractivity contribution in [1.29, 1.82) is 0 Å². The third kappa shape index (κ3) is 7.65.